The second-order valence-corrected chi connectivity index (χ2v) is 8.06. The van der Waals surface area contributed by atoms with Gasteiger partial charge in [0.1, 0.15) is 4.21 Å². The summed E-state index contributed by atoms with van der Waals surface area (Å²) in [5.74, 6) is 0. The van der Waals surface area contributed by atoms with Crippen LogP contribution < -0.4 is 5.32 Å². The predicted octanol–water partition coefficient (Wildman–Crippen LogP) is 1.95. The van der Waals surface area contributed by atoms with Gasteiger partial charge in [-0.05, 0) is 45.4 Å². The molecule has 0 spiro atoms. The van der Waals surface area contributed by atoms with Gasteiger partial charge in [0.2, 0.25) is 0 Å². The van der Waals surface area contributed by atoms with E-state index in [0.717, 1.165) is 29.8 Å². The van der Waals surface area contributed by atoms with Crippen LogP contribution in [-0.2, 0) is 16.6 Å². The van der Waals surface area contributed by atoms with Gasteiger partial charge in [0.05, 0.1) is 0 Å². The van der Waals surface area contributed by atoms with Crippen molar-refractivity contribution in [3.8, 4) is 0 Å². The molecule has 18 heavy (non-hydrogen) atoms. The van der Waals surface area contributed by atoms with Gasteiger partial charge in [-0.15, -0.1) is 11.3 Å². The Balaban J connectivity index is 2.32. The van der Waals surface area contributed by atoms with Gasteiger partial charge in [-0.3, -0.25) is 0 Å². The van der Waals surface area contributed by atoms with E-state index in [1.807, 2.05) is 20.9 Å². The zero-order valence-corrected chi connectivity index (χ0v) is 12.7. The van der Waals surface area contributed by atoms with Gasteiger partial charge < -0.3 is 5.32 Å². The van der Waals surface area contributed by atoms with Crippen LogP contribution in [-0.4, -0.2) is 32.4 Å². The first-order valence-corrected chi connectivity index (χ1v) is 8.48. The SMILES string of the molecule is CNCc1sc(S(=O)(=O)N2CCCC2C)cc1C. The van der Waals surface area contributed by atoms with Crippen LogP contribution >= 0.6 is 11.3 Å². The molecular formula is C12H20N2O2S2. The van der Waals surface area contributed by atoms with Gasteiger partial charge >= 0.3 is 0 Å². The van der Waals surface area contributed by atoms with E-state index in [4.69, 9.17) is 0 Å². The second kappa shape index (κ2) is 5.28. The maximum Gasteiger partial charge on any atom is 0.252 e. The lowest BCUT2D eigenvalue weighted by Gasteiger charge is -2.19. The topological polar surface area (TPSA) is 49.4 Å². The fourth-order valence-corrected chi connectivity index (χ4v) is 5.76. The highest BCUT2D eigenvalue weighted by molar-refractivity contribution is 7.91. The molecule has 6 heteroatoms. The Morgan fingerprint density at radius 1 is 1.56 bits per heavy atom. The van der Waals surface area contributed by atoms with Crippen molar-refractivity contribution in [1.29, 1.82) is 0 Å². The number of nitrogens with zero attached hydrogens (tertiary/aromatic N) is 1. The molecule has 0 aliphatic carbocycles. The molecule has 0 radical (unpaired) electrons. The normalized spacial score (nSPS) is 21.6. The van der Waals surface area contributed by atoms with Gasteiger partial charge in [-0.1, -0.05) is 0 Å². The van der Waals surface area contributed by atoms with Crippen LogP contribution in [0.2, 0.25) is 0 Å². The number of nitrogens with one attached hydrogen (secondary N) is 1. The van der Waals surface area contributed by atoms with E-state index >= 15 is 0 Å². The lowest BCUT2D eigenvalue weighted by Crippen LogP contribution is -2.33. The van der Waals surface area contributed by atoms with Crippen molar-refractivity contribution in [2.75, 3.05) is 13.6 Å². The third-order valence-electron chi connectivity index (χ3n) is 3.39. The minimum Gasteiger partial charge on any atom is -0.315 e. The molecule has 2 rings (SSSR count). The molecule has 0 saturated carbocycles. The number of sulfonamides is 1. The molecule has 1 aliphatic heterocycles. The summed E-state index contributed by atoms with van der Waals surface area (Å²) in [6, 6.07) is 1.93. The van der Waals surface area contributed by atoms with E-state index < -0.39 is 10.0 Å². The molecule has 1 saturated heterocycles. The van der Waals surface area contributed by atoms with Crippen molar-refractivity contribution < 1.29 is 8.42 Å². The number of aryl methyl sites for hydroxylation is 1. The molecule has 1 N–H and O–H groups in total. The van der Waals surface area contributed by atoms with Crippen molar-refractivity contribution in [3.63, 3.8) is 0 Å². The standard InChI is InChI=1S/C12H20N2O2S2/c1-9-7-12(17-11(9)8-13-3)18(15,16)14-6-4-5-10(14)2/h7,10,13H,4-6,8H2,1-3H3. The first-order chi connectivity index (χ1) is 8.46. The summed E-state index contributed by atoms with van der Waals surface area (Å²) < 4.78 is 27.2. The van der Waals surface area contributed by atoms with Crippen LogP contribution in [0.15, 0.2) is 10.3 Å². The molecule has 1 aromatic heterocycles. The van der Waals surface area contributed by atoms with E-state index in [1.165, 1.54) is 11.3 Å². The Morgan fingerprint density at radius 3 is 2.83 bits per heavy atom. The maximum atomic E-state index is 12.5. The smallest absolute Gasteiger partial charge is 0.252 e. The summed E-state index contributed by atoms with van der Waals surface area (Å²) in [4.78, 5) is 1.10. The van der Waals surface area contributed by atoms with Gasteiger partial charge in [0, 0.05) is 24.0 Å². The highest BCUT2D eigenvalue weighted by Crippen LogP contribution is 2.32. The van der Waals surface area contributed by atoms with Crippen molar-refractivity contribution >= 4 is 21.4 Å². The molecule has 1 unspecified atom stereocenters. The molecule has 1 aliphatic rings. The summed E-state index contributed by atoms with van der Waals surface area (Å²) in [6.07, 6.45) is 1.93. The predicted molar refractivity (Wildman–Crippen MR) is 74.4 cm³/mol. The highest BCUT2D eigenvalue weighted by Gasteiger charge is 2.33. The summed E-state index contributed by atoms with van der Waals surface area (Å²) in [6.45, 7) is 5.33. The molecule has 102 valence electrons. The maximum absolute atomic E-state index is 12.5. The lowest BCUT2D eigenvalue weighted by molar-refractivity contribution is 0.409. The number of rotatable bonds is 4. The third-order valence-corrected chi connectivity index (χ3v) is 7.09. The van der Waals surface area contributed by atoms with Crippen molar-refractivity contribution in [2.45, 2.75) is 43.5 Å². The largest absolute Gasteiger partial charge is 0.315 e. The summed E-state index contributed by atoms with van der Waals surface area (Å²) in [7, 11) is -1.41. The fraction of sp³-hybridized carbons (Fsp3) is 0.667. The van der Waals surface area contributed by atoms with Crippen LogP contribution in [0.3, 0.4) is 0 Å². The van der Waals surface area contributed by atoms with E-state index in [-0.39, 0.29) is 6.04 Å². The zero-order valence-electron chi connectivity index (χ0n) is 11.1. The molecule has 1 aromatic rings. The number of thiophene rings is 1. The Bertz CT molecular complexity index is 522. The molecule has 1 fully saturated rings. The summed E-state index contributed by atoms with van der Waals surface area (Å²) >= 11 is 1.39. The molecule has 0 aromatic carbocycles. The quantitative estimate of drug-likeness (QED) is 0.921. The Kier molecular flexibility index (Phi) is 4.11. The van der Waals surface area contributed by atoms with Crippen molar-refractivity contribution in [1.82, 2.24) is 9.62 Å². The van der Waals surface area contributed by atoms with E-state index in [9.17, 15) is 8.42 Å². The van der Waals surface area contributed by atoms with Crippen molar-refractivity contribution in [2.24, 2.45) is 0 Å². The Labute approximate surface area is 113 Å². The number of hydrogen-bond donors (Lipinski definition) is 1. The molecule has 0 amide bonds. The minimum atomic E-state index is -3.28. The average molecular weight is 288 g/mol. The molecule has 1 atom stereocenters. The van der Waals surface area contributed by atoms with Crippen LogP contribution in [0.5, 0.6) is 0 Å². The van der Waals surface area contributed by atoms with Gasteiger partial charge in [-0.2, -0.15) is 4.31 Å². The Morgan fingerprint density at radius 2 is 2.28 bits per heavy atom. The van der Waals surface area contributed by atoms with E-state index in [0.29, 0.717) is 10.8 Å². The summed E-state index contributed by atoms with van der Waals surface area (Å²) in [5.41, 5.74) is 1.06. The molecule has 0 bridgehead atoms. The van der Waals surface area contributed by atoms with Gasteiger partial charge in [0.25, 0.3) is 10.0 Å². The van der Waals surface area contributed by atoms with Crippen LogP contribution in [0.1, 0.15) is 30.2 Å². The molecular weight excluding hydrogens is 268 g/mol. The first-order valence-electron chi connectivity index (χ1n) is 6.22. The van der Waals surface area contributed by atoms with E-state index in [1.54, 1.807) is 10.4 Å². The van der Waals surface area contributed by atoms with E-state index in [2.05, 4.69) is 5.32 Å². The Hall–Kier alpha value is -0.430. The molecule has 4 nitrogen and oxygen atoms in total. The van der Waals surface area contributed by atoms with Crippen LogP contribution in [0.4, 0.5) is 0 Å². The monoisotopic (exact) mass is 288 g/mol. The lowest BCUT2D eigenvalue weighted by atomic mass is 10.3. The molecule has 2 heterocycles. The van der Waals surface area contributed by atoms with Crippen molar-refractivity contribution in [3.05, 3.63) is 16.5 Å². The minimum absolute atomic E-state index is 0.130. The van der Waals surface area contributed by atoms with Crippen LogP contribution in [0.25, 0.3) is 0 Å². The third kappa shape index (κ3) is 2.47. The van der Waals surface area contributed by atoms with Gasteiger partial charge in [0.15, 0.2) is 0 Å². The summed E-state index contributed by atoms with van der Waals surface area (Å²) in [5, 5.41) is 3.07. The fourth-order valence-electron chi connectivity index (χ4n) is 2.33. The average Bonchev–Trinajstić information content (AvgIpc) is 2.87. The first kappa shape index (κ1) is 14.0. The second-order valence-electron chi connectivity index (χ2n) is 4.81. The highest BCUT2D eigenvalue weighted by atomic mass is 32.2. The number of hydrogen-bond acceptors (Lipinski definition) is 4. The van der Waals surface area contributed by atoms with Gasteiger partial charge in [-0.25, -0.2) is 8.42 Å². The van der Waals surface area contributed by atoms with Crippen LogP contribution in [0, 0.1) is 6.92 Å². The zero-order chi connectivity index (χ0) is 13.3.